The molecule has 124 valence electrons. The molecule has 0 N–H and O–H groups in total. The van der Waals surface area contributed by atoms with Gasteiger partial charge in [0, 0.05) is 10.6 Å². The van der Waals surface area contributed by atoms with Gasteiger partial charge in [0.1, 0.15) is 5.75 Å². The van der Waals surface area contributed by atoms with E-state index in [1.54, 1.807) is 18.2 Å². The summed E-state index contributed by atoms with van der Waals surface area (Å²) in [4.78, 5) is 0. The Hall–Kier alpha value is -1.52. The normalized spacial score (nSPS) is 11.7. The van der Waals surface area contributed by atoms with Gasteiger partial charge in [0.05, 0.1) is 18.6 Å². The standard InChI is InChI=1S/C18H21ClO3S/c1-13(2)15-6-4-14(5-7-15)11-23(20,21)12-16-10-17(19)8-9-18(16)22-3/h4-10,13H,11-12H2,1-3H3. The van der Waals surface area contributed by atoms with Gasteiger partial charge in [0.2, 0.25) is 0 Å². The number of hydrogen-bond acceptors (Lipinski definition) is 3. The summed E-state index contributed by atoms with van der Waals surface area (Å²) in [5.74, 6) is 0.869. The van der Waals surface area contributed by atoms with Gasteiger partial charge in [-0.15, -0.1) is 0 Å². The molecule has 0 bridgehead atoms. The van der Waals surface area contributed by atoms with Crippen LogP contribution in [-0.4, -0.2) is 15.5 Å². The molecule has 0 unspecified atom stereocenters. The van der Waals surface area contributed by atoms with Crippen molar-refractivity contribution in [1.29, 1.82) is 0 Å². The van der Waals surface area contributed by atoms with Crippen molar-refractivity contribution >= 4 is 21.4 Å². The third-order valence-corrected chi connectivity index (χ3v) is 5.41. The van der Waals surface area contributed by atoms with Gasteiger partial charge in [-0.1, -0.05) is 49.7 Å². The Bertz CT molecular complexity index is 765. The van der Waals surface area contributed by atoms with E-state index in [0.29, 0.717) is 22.3 Å². The molecule has 2 aromatic rings. The fraction of sp³-hybridized carbons (Fsp3) is 0.333. The Kier molecular flexibility index (Phi) is 5.71. The maximum Gasteiger partial charge on any atom is 0.158 e. The molecule has 23 heavy (non-hydrogen) atoms. The predicted octanol–water partition coefficient (Wildman–Crippen LogP) is 4.59. The highest BCUT2D eigenvalue weighted by Crippen LogP contribution is 2.26. The van der Waals surface area contributed by atoms with Crippen LogP contribution in [0.3, 0.4) is 0 Å². The lowest BCUT2D eigenvalue weighted by Crippen LogP contribution is -2.09. The molecule has 0 aliphatic carbocycles. The summed E-state index contributed by atoms with van der Waals surface area (Å²) in [7, 11) is -1.79. The molecule has 0 aliphatic rings. The molecular formula is C18H21ClO3S. The molecule has 0 aliphatic heterocycles. The lowest BCUT2D eigenvalue weighted by atomic mass is 10.0. The van der Waals surface area contributed by atoms with Gasteiger partial charge in [-0.3, -0.25) is 0 Å². The van der Waals surface area contributed by atoms with E-state index in [9.17, 15) is 8.42 Å². The molecule has 0 heterocycles. The summed E-state index contributed by atoms with van der Waals surface area (Å²) in [6, 6.07) is 12.7. The molecular weight excluding hydrogens is 332 g/mol. The first-order valence-electron chi connectivity index (χ1n) is 7.42. The van der Waals surface area contributed by atoms with E-state index < -0.39 is 9.84 Å². The fourth-order valence-corrected chi connectivity index (χ4v) is 4.10. The highest BCUT2D eigenvalue weighted by atomic mass is 35.5. The van der Waals surface area contributed by atoms with Gasteiger partial charge >= 0.3 is 0 Å². The van der Waals surface area contributed by atoms with Crippen LogP contribution in [0.1, 0.15) is 36.5 Å². The first-order chi connectivity index (χ1) is 10.8. The lowest BCUT2D eigenvalue weighted by Gasteiger charge is -2.11. The topological polar surface area (TPSA) is 43.4 Å². The Morgan fingerprint density at radius 2 is 1.70 bits per heavy atom. The fourth-order valence-electron chi connectivity index (χ4n) is 2.40. The third kappa shape index (κ3) is 4.98. The van der Waals surface area contributed by atoms with Gasteiger partial charge in [-0.2, -0.15) is 0 Å². The van der Waals surface area contributed by atoms with Crippen LogP contribution in [0.15, 0.2) is 42.5 Å². The van der Waals surface area contributed by atoms with E-state index in [1.807, 2.05) is 24.3 Å². The molecule has 3 nitrogen and oxygen atoms in total. The molecule has 0 radical (unpaired) electrons. The minimum absolute atomic E-state index is 0.00103. The molecule has 0 saturated carbocycles. The van der Waals surface area contributed by atoms with Gasteiger partial charge in [-0.05, 0) is 35.2 Å². The van der Waals surface area contributed by atoms with Crippen molar-refractivity contribution in [2.45, 2.75) is 31.3 Å². The van der Waals surface area contributed by atoms with E-state index >= 15 is 0 Å². The zero-order chi connectivity index (χ0) is 17.0. The Morgan fingerprint density at radius 1 is 1.04 bits per heavy atom. The molecule has 0 aromatic heterocycles. The molecule has 0 amide bonds. The molecule has 0 atom stereocenters. The first kappa shape index (κ1) is 17.8. The summed E-state index contributed by atoms with van der Waals surface area (Å²) in [5.41, 5.74) is 2.57. The number of halogens is 1. The van der Waals surface area contributed by atoms with Crippen molar-refractivity contribution in [3.63, 3.8) is 0 Å². The highest BCUT2D eigenvalue weighted by molar-refractivity contribution is 7.89. The number of benzene rings is 2. The van der Waals surface area contributed by atoms with E-state index in [0.717, 1.165) is 5.56 Å². The van der Waals surface area contributed by atoms with Crippen molar-refractivity contribution in [2.75, 3.05) is 7.11 Å². The third-order valence-electron chi connectivity index (χ3n) is 3.65. The van der Waals surface area contributed by atoms with Crippen molar-refractivity contribution < 1.29 is 13.2 Å². The van der Waals surface area contributed by atoms with Crippen LogP contribution in [0, 0.1) is 0 Å². The second-order valence-corrected chi connectivity index (χ2v) is 8.39. The van der Waals surface area contributed by atoms with Gasteiger partial charge in [0.15, 0.2) is 9.84 Å². The number of ether oxygens (including phenoxy) is 1. The molecule has 2 aromatic carbocycles. The van der Waals surface area contributed by atoms with E-state index in [4.69, 9.17) is 16.3 Å². The average molecular weight is 353 g/mol. The summed E-state index contributed by atoms with van der Waals surface area (Å²) >= 11 is 5.96. The highest BCUT2D eigenvalue weighted by Gasteiger charge is 2.17. The molecule has 0 saturated heterocycles. The zero-order valence-electron chi connectivity index (χ0n) is 13.5. The predicted molar refractivity (Wildman–Crippen MR) is 94.9 cm³/mol. The van der Waals surface area contributed by atoms with E-state index in [1.165, 1.54) is 12.7 Å². The Morgan fingerprint density at radius 3 is 2.26 bits per heavy atom. The van der Waals surface area contributed by atoms with Crippen LogP contribution in [0.2, 0.25) is 5.02 Å². The minimum Gasteiger partial charge on any atom is -0.496 e. The van der Waals surface area contributed by atoms with Crippen molar-refractivity contribution in [2.24, 2.45) is 0 Å². The number of sulfone groups is 1. The molecule has 0 fully saturated rings. The minimum atomic E-state index is -3.31. The van der Waals surface area contributed by atoms with Crippen molar-refractivity contribution in [3.05, 3.63) is 64.2 Å². The summed E-state index contributed by atoms with van der Waals surface area (Å²) in [5, 5.41) is 0.497. The average Bonchev–Trinajstić information content (AvgIpc) is 2.47. The number of methoxy groups -OCH3 is 1. The van der Waals surface area contributed by atoms with Crippen LogP contribution in [-0.2, 0) is 21.3 Å². The zero-order valence-corrected chi connectivity index (χ0v) is 15.1. The Labute approximate surface area is 143 Å². The SMILES string of the molecule is COc1ccc(Cl)cc1CS(=O)(=O)Cc1ccc(C(C)C)cc1. The van der Waals surface area contributed by atoms with Crippen molar-refractivity contribution in [3.8, 4) is 5.75 Å². The van der Waals surface area contributed by atoms with Crippen LogP contribution >= 0.6 is 11.6 Å². The maximum atomic E-state index is 12.5. The monoisotopic (exact) mass is 352 g/mol. The second-order valence-electron chi connectivity index (χ2n) is 5.88. The van der Waals surface area contributed by atoms with Gasteiger partial charge < -0.3 is 4.74 Å². The Balaban J connectivity index is 2.18. The number of hydrogen-bond donors (Lipinski definition) is 0. The van der Waals surface area contributed by atoms with E-state index in [2.05, 4.69) is 13.8 Å². The lowest BCUT2D eigenvalue weighted by molar-refractivity contribution is 0.411. The van der Waals surface area contributed by atoms with Gasteiger partial charge in [0.25, 0.3) is 0 Å². The van der Waals surface area contributed by atoms with Gasteiger partial charge in [-0.25, -0.2) is 8.42 Å². The van der Waals surface area contributed by atoms with Crippen LogP contribution < -0.4 is 4.74 Å². The largest absolute Gasteiger partial charge is 0.496 e. The van der Waals surface area contributed by atoms with Crippen molar-refractivity contribution in [1.82, 2.24) is 0 Å². The van der Waals surface area contributed by atoms with Crippen LogP contribution in [0.25, 0.3) is 0 Å². The molecule has 2 rings (SSSR count). The summed E-state index contributed by atoms with van der Waals surface area (Å²) in [6.45, 7) is 4.22. The summed E-state index contributed by atoms with van der Waals surface area (Å²) < 4.78 is 30.2. The smallest absolute Gasteiger partial charge is 0.158 e. The number of rotatable bonds is 6. The molecule has 0 spiro atoms. The van der Waals surface area contributed by atoms with Crippen LogP contribution in [0.5, 0.6) is 5.75 Å². The second kappa shape index (κ2) is 7.37. The van der Waals surface area contributed by atoms with Crippen LogP contribution in [0.4, 0.5) is 0 Å². The van der Waals surface area contributed by atoms with E-state index in [-0.39, 0.29) is 11.5 Å². The first-order valence-corrected chi connectivity index (χ1v) is 9.62. The summed E-state index contributed by atoms with van der Waals surface area (Å²) in [6.07, 6.45) is 0. The molecule has 5 heteroatoms. The quantitative estimate of drug-likeness (QED) is 0.763. The maximum absolute atomic E-state index is 12.5.